The van der Waals surface area contributed by atoms with E-state index in [1.54, 1.807) is 25.7 Å². The average molecular weight is 323 g/mol. The van der Waals surface area contributed by atoms with E-state index in [2.05, 4.69) is 13.8 Å². The van der Waals surface area contributed by atoms with Crippen LogP contribution in [0.3, 0.4) is 0 Å². The zero-order valence-electron chi connectivity index (χ0n) is 16.1. The van der Waals surface area contributed by atoms with Gasteiger partial charge in [-0.3, -0.25) is 4.79 Å². The molecule has 0 atom stereocenters. The maximum atomic E-state index is 10.5. The first-order valence-electron chi connectivity index (χ1n) is 10.7. The van der Waals surface area contributed by atoms with Gasteiger partial charge < -0.3 is 0 Å². The highest BCUT2D eigenvalue weighted by Crippen LogP contribution is 2.47. The monoisotopic (exact) mass is 322 g/mol. The normalized spacial score (nSPS) is 23.3. The fraction of sp³-hybridized carbons (Fsp3) is 0.955. The number of hydrogen-bond acceptors (Lipinski definition) is 1. The van der Waals surface area contributed by atoms with Crippen LogP contribution in [0, 0.1) is 5.41 Å². The molecule has 0 radical (unpaired) electrons. The van der Waals surface area contributed by atoms with Gasteiger partial charge in [-0.1, -0.05) is 78.1 Å². The summed E-state index contributed by atoms with van der Waals surface area (Å²) in [4.78, 5) is 10.5. The first-order valence-corrected chi connectivity index (χ1v) is 10.7. The van der Waals surface area contributed by atoms with Gasteiger partial charge in [0.1, 0.15) is 5.78 Å². The van der Waals surface area contributed by atoms with E-state index >= 15 is 0 Å². The lowest BCUT2D eigenvalue weighted by atomic mass is 9.65. The van der Waals surface area contributed by atoms with E-state index in [-0.39, 0.29) is 0 Å². The SMILES string of the molecule is C1CCC2(CC1)CCCCC2.CCCCC.O=C1CCCCC1. The number of unbranched alkanes of at least 4 members (excludes halogenated alkanes) is 2. The number of ketones is 1. The van der Waals surface area contributed by atoms with Gasteiger partial charge in [-0.25, -0.2) is 0 Å². The zero-order valence-corrected chi connectivity index (χ0v) is 16.1. The van der Waals surface area contributed by atoms with Gasteiger partial charge in [0.15, 0.2) is 0 Å². The molecule has 0 amide bonds. The topological polar surface area (TPSA) is 17.1 Å². The van der Waals surface area contributed by atoms with Crippen molar-refractivity contribution in [3.05, 3.63) is 0 Å². The van der Waals surface area contributed by atoms with Crippen molar-refractivity contribution in [3.63, 3.8) is 0 Å². The summed E-state index contributed by atoms with van der Waals surface area (Å²) in [5.74, 6) is 0.464. The maximum Gasteiger partial charge on any atom is 0.132 e. The van der Waals surface area contributed by atoms with Crippen molar-refractivity contribution in [2.45, 2.75) is 129 Å². The quantitative estimate of drug-likeness (QED) is 0.511. The molecule has 1 spiro atoms. The summed E-state index contributed by atoms with van der Waals surface area (Å²) in [5.41, 5.74) is 0.858. The molecule has 3 aliphatic carbocycles. The van der Waals surface area contributed by atoms with Crippen LogP contribution >= 0.6 is 0 Å². The van der Waals surface area contributed by atoms with E-state index in [0.717, 1.165) is 31.1 Å². The molecule has 0 aromatic heterocycles. The number of Topliss-reactive ketones (excluding diaryl/α,β-unsaturated/α-hetero) is 1. The van der Waals surface area contributed by atoms with Crippen LogP contribution in [0.1, 0.15) is 129 Å². The molecule has 136 valence electrons. The van der Waals surface area contributed by atoms with Gasteiger partial charge >= 0.3 is 0 Å². The zero-order chi connectivity index (χ0) is 16.8. The summed E-state index contributed by atoms with van der Waals surface area (Å²) in [6.07, 6.45) is 24.7. The number of hydrogen-bond donors (Lipinski definition) is 0. The molecule has 1 heteroatoms. The number of carbonyl (C=O) groups excluding carboxylic acids is 1. The van der Waals surface area contributed by atoms with Crippen molar-refractivity contribution < 1.29 is 4.79 Å². The Morgan fingerprint density at radius 1 is 0.652 bits per heavy atom. The molecule has 0 aromatic carbocycles. The first-order chi connectivity index (χ1) is 11.2. The van der Waals surface area contributed by atoms with Crippen LogP contribution in [-0.2, 0) is 4.79 Å². The molecule has 0 saturated heterocycles. The Morgan fingerprint density at radius 2 is 1.04 bits per heavy atom. The minimum Gasteiger partial charge on any atom is -0.300 e. The second kappa shape index (κ2) is 13.0. The van der Waals surface area contributed by atoms with Crippen LogP contribution in [0.25, 0.3) is 0 Å². The molecule has 3 fully saturated rings. The molecule has 3 saturated carbocycles. The molecule has 1 nitrogen and oxygen atoms in total. The molecule has 0 heterocycles. The Labute approximate surface area is 146 Å². The predicted octanol–water partition coefficient (Wildman–Crippen LogP) is 7.62. The van der Waals surface area contributed by atoms with Gasteiger partial charge in [-0.15, -0.1) is 0 Å². The summed E-state index contributed by atoms with van der Waals surface area (Å²) in [6, 6.07) is 0. The van der Waals surface area contributed by atoms with Crippen molar-refractivity contribution in [3.8, 4) is 0 Å². The lowest BCUT2D eigenvalue weighted by Crippen LogP contribution is -2.26. The third-order valence-electron chi connectivity index (χ3n) is 5.95. The molecule has 23 heavy (non-hydrogen) atoms. The summed E-state index contributed by atoms with van der Waals surface area (Å²) in [6.45, 7) is 4.42. The fourth-order valence-corrected chi connectivity index (χ4v) is 4.40. The van der Waals surface area contributed by atoms with Crippen LogP contribution in [0.5, 0.6) is 0 Å². The third kappa shape index (κ3) is 9.52. The van der Waals surface area contributed by atoms with E-state index in [1.165, 1.54) is 64.2 Å². The lowest BCUT2D eigenvalue weighted by molar-refractivity contribution is -0.120. The van der Waals surface area contributed by atoms with E-state index in [0.29, 0.717) is 5.78 Å². The largest absolute Gasteiger partial charge is 0.300 e. The highest BCUT2D eigenvalue weighted by atomic mass is 16.1. The molecule has 0 aromatic rings. The Hall–Kier alpha value is -0.330. The van der Waals surface area contributed by atoms with Gasteiger partial charge in [0.05, 0.1) is 0 Å². The minimum atomic E-state index is 0.464. The number of carbonyl (C=O) groups is 1. The summed E-state index contributed by atoms with van der Waals surface area (Å²) >= 11 is 0. The summed E-state index contributed by atoms with van der Waals surface area (Å²) in [5, 5.41) is 0. The Kier molecular flexibility index (Phi) is 11.7. The van der Waals surface area contributed by atoms with Gasteiger partial charge in [0.25, 0.3) is 0 Å². The average Bonchev–Trinajstić information content (AvgIpc) is 2.59. The van der Waals surface area contributed by atoms with E-state index in [9.17, 15) is 4.79 Å². The second-order valence-corrected chi connectivity index (χ2v) is 8.07. The molecular formula is C22H42O. The summed E-state index contributed by atoms with van der Waals surface area (Å²) < 4.78 is 0. The van der Waals surface area contributed by atoms with Crippen molar-refractivity contribution in [2.24, 2.45) is 5.41 Å². The van der Waals surface area contributed by atoms with Gasteiger partial charge in [-0.05, 0) is 43.9 Å². The third-order valence-corrected chi connectivity index (χ3v) is 5.95. The molecule has 0 unspecified atom stereocenters. The molecule has 3 rings (SSSR count). The highest BCUT2D eigenvalue weighted by molar-refractivity contribution is 5.78. The smallest absolute Gasteiger partial charge is 0.132 e. The van der Waals surface area contributed by atoms with Gasteiger partial charge in [0, 0.05) is 12.8 Å². The van der Waals surface area contributed by atoms with Gasteiger partial charge in [0.2, 0.25) is 0 Å². The standard InChI is InChI=1S/C11H20.C6H10O.C5H12/c1-3-7-11(8-4-1)9-5-2-6-10-11;7-6-4-2-1-3-5-6;1-3-5-4-2/h1-10H2;1-5H2;3-5H2,1-2H3. The van der Waals surface area contributed by atoms with Crippen LogP contribution < -0.4 is 0 Å². The number of rotatable bonds is 2. The van der Waals surface area contributed by atoms with E-state index in [4.69, 9.17) is 0 Å². The van der Waals surface area contributed by atoms with Crippen LogP contribution in [-0.4, -0.2) is 5.78 Å². The maximum absolute atomic E-state index is 10.5. The van der Waals surface area contributed by atoms with Crippen molar-refractivity contribution in [1.82, 2.24) is 0 Å². The second-order valence-electron chi connectivity index (χ2n) is 8.07. The van der Waals surface area contributed by atoms with Crippen LogP contribution in [0.2, 0.25) is 0 Å². The Balaban J connectivity index is 0.000000191. The minimum absolute atomic E-state index is 0.464. The van der Waals surface area contributed by atoms with Crippen LogP contribution in [0.4, 0.5) is 0 Å². The molecule has 0 bridgehead atoms. The van der Waals surface area contributed by atoms with E-state index < -0.39 is 0 Å². The van der Waals surface area contributed by atoms with Crippen LogP contribution in [0.15, 0.2) is 0 Å². The molecule has 3 aliphatic rings. The first kappa shape index (κ1) is 20.7. The summed E-state index contributed by atoms with van der Waals surface area (Å²) in [7, 11) is 0. The van der Waals surface area contributed by atoms with Crippen molar-refractivity contribution >= 4 is 5.78 Å². The highest BCUT2D eigenvalue weighted by Gasteiger charge is 2.32. The lowest BCUT2D eigenvalue weighted by Gasteiger charge is -2.40. The molecule has 0 aliphatic heterocycles. The molecule has 0 N–H and O–H groups in total. The van der Waals surface area contributed by atoms with Gasteiger partial charge in [-0.2, -0.15) is 0 Å². The Bertz CT molecular complexity index is 253. The fourth-order valence-electron chi connectivity index (χ4n) is 4.40. The van der Waals surface area contributed by atoms with Crippen molar-refractivity contribution in [2.75, 3.05) is 0 Å². The van der Waals surface area contributed by atoms with Crippen molar-refractivity contribution in [1.29, 1.82) is 0 Å². The predicted molar refractivity (Wildman–Crippen MR) is 102 cm³/mol. The molecular weight excluding hydrogens is 280 g/mol. The van der Waals surface area contributed by atoms with E-state index in [1.807, 2.05) is 0 Å². The Morgan fingerprint density at radius 3 is 1.30 bits per heavy atom.